The summed E-state index contributed by atoms with van der Waals surface area (Å²) in [4.78, 5) is 26.7. The molecular formula is C42H80F3NO6. The molecule has 0 rings (SSSR count). The summed E-state index contributed by atoms with van der Waals surface area (Å²) in [5.74, 6) is -0.0193. The van der Waals surface area contributed by atoms with Crippen LogP contribution in [0.15, 0.2) is 0 Å². The van der Waals surface area contributed by atoms with Crippen molar-refractivity contribution in [3.8, 4) is 0 Å². The van der Waals surface area contributed by atoms with E-state index in [4.69, 9.17) is 14.2 Å². The molecule has 10 heteroatoms. The van der Waals surface area contributed by atoms with E-state index >= 15 is 0 Å². The molecule has 0 aromatic heterocycles. The van der Waals surface area contributed by atoms with Gasteiger partial charge in [-0.1, -0.05) is 129 Å². The Balaban J connectivity index is 3.93. The normalized spacial score (nSPS) is 11.8. The van der Waals surface area contributed by atoms with Crippen molar-refractivity contribution in [3.05, 3.63) is 0 Å². The van der Waals surface area contributed by atoms with E-state index in [0.29, 0.717) is 38.8 Å². The molecular weight excluding hydrogens is 671 g/mol. The van der Waals surface area contributed by atoms with Gasteiger partial charge in [-0.3, -0.25) is 4.79 Å². The molecule has 0 saturated heterocycles. The lowest BCUT2D eigenvalue weighted by Crippen LogP contribution is -2.29. The average Bonchev–Trinajstić information content (AvgIpc) is 3.10. The van der Waals surface area contributed by atoms with Gasteiger partial charge in [-0.2, -0.15) is 13.2 Å². The minimum atomic E-state index is -4.08. The zero-order chi connectivity index (χ0) is 38.4. The predicted octanol–water partition coefficient (Wildman–Crippen LogP) is 12.7. The fourth-order valence-corrected chi connectivity index (χ4v) is 6.53. The Morgan fingerprint density at radius 2 is 0.981 bits per heavy atom. The van der Waals surface area contributed by atoms with E-state index in [-0.39, 0.29) is 31.7 Å². The molecule has 0 amide bonds. The summed E-state index contributed by atoms with van der Waals surface area (Å²) in [6.45, 7) is 7.75. The number of halogens is 3. The van der Waals surface area contributed by atoms with E-state index in [0.717, 1.165) is 103 Å². The molecule has 0 heterocycles. The number of aliphatic hydroxyl groups is 1. The first kappa shape index (κ1) is 50.5. The second-order valence-corrected chi connectivity index (χ2v) is 14.8. The van der Waals surface area contributed by atoms with Crippen molar-refractivity contribution in [2.45, 2.75) is 219 Å². The van der Waals surface area contributed by atoms with Crippen molar-refractivity contribution < 1.29 is 42.1 Å². The van der Waals surface area contributed by atoms with E-state index in [1.54, 1.807) is 0 Å². The molecule has 0 bridgehead atoms. The molecule has 310 valence electrons. The Morgan fingerprint density at radius 3 is 1.46 bits per heavy atom. The number of aliphatic hydroxyl groups excluding tert-OH is 1. The van der Waals surface area contributed by atoms with Crippen LogP contribution in [-0.2, 0) is 19.0 Å². The van der Waals surface area contributed by atoms with Crippen molar-refractivity contribution >= 4 is 12.1 Å². The fourth-order valence-electron chi connectivity index (χ4n) is 6.53. The molecule has 1 N–H and O–H groups in total. The molecule has 7 nitrogen and oxygen atoms in total. The number of ether oxygens (including phenoxy) is 3. The smallest absolute Gasteiger partial charge is 0.462 e. The lowest BCUT2D eigenvalue weighted by atomic mass is 10.0. The third-order valence-electron chi connectivity index (χ3n) is 9.74. The van der Waals surface area contributed by atoms with Crippen LogP contribution < -0.4 is 0 Å². The van der Waals surface area contributed by atoms with E-state index in [9.17, 15) is 27.9 Å². The maximum Gasteiger partial charge on any atom is 0.508 e. The number of hydrogen-bond acceptors (Lipinski definition) is 7. The molecule has 0 aliphatic rings. The van der Waals surface area contributed by atoms with Crippen LogP contribution in [0, 0.1) is 0 Å². The Bertz CT molecular complexity index is 769. The first-order chi connectivity index (χ1) is 25.2. The number of alkyl halides is 3. The van der Waals surface area contributed by atoms with E-state index in [1.807, 2.05) is 0 Å². The van der Waals surface area contributed by atoms with Gasteiger partial charge in [0.2, 0.25) is 0 Å². The third kappa shape index (κ3) is 38.2. The molecule has 0 atom stereocenters. The zero-order valence-electron chi connectivity index (χ0n) is 33.6. The molecule has 0 aliphatic carbocycles. The Labute approximate surface area is 316 Å². The van der Waals surface area contributed by atoms with Gasteiger partial charge in [0.1, 0.15) is 6.10 Å². The largest absolute Gasteiger partial charge is 0.508 e. The molecule has 0 aromatic rings. The molecule has 52 heavy (non-hydrogen) atoms. The van der Waals surface area contributed by atoms with Crippen molar-refractivity contribution in [3.63, 3.8) is 0 Å². The maximum absolute atomic E-state index is 12.7. The second kappa shape index (κ2) is 37.8. The van der Waals surface area contributed by atoms with Crippen molar-refractivity contribution in [2.75, 3.05) is 39.5 Å². The minimum Gasteiger partial charge on any atom is -0.462 e. The average molecular weight is 752 g/mol. The number of esters is 1. The Morgan fingerprint density at radius 1 is 0.558 bits per heavy atom. The van der Waals surface area contributed by atoms with Crippen molar-refractivity contribution in [1.29, 1.82) is 0 Å². The third-order valence-corrected chi connectivity index (χ3v) is 9.74. The number of unbranched alkanes of at least 4 members (excludes halogenated alkanes) is 21. The summed E-state index contributed by atoms with van der Waals surface area (Å²) in [7, 11) is 0. The first-order valence-corrected chi connectivity index (χ1v) is 21.6. The molecule has 0 spiro atoms. The first-order valence-electron chi connectivity index (χ1n) is 21.6. The number of hydrogen-bond donors (Lipinski definition) is 1. The molecule has 0 fully saturated rings. The summed E-state index contributed by atoms with van der Waals surface area (Å²) in [6, 6.07) is 0. The lowest BCUT2D eigenvalue weighted by molar-refractivity contribution is -0.150. The van der Waals surface area contributed by atoms with Gasteiger partial charge in [0.05, 0.1) is 19.8 Å². The summed E-state index contributed by atoms with van der Waals surface area (Å²) < 4.78 is 52.5. The van der Waals surface area contributed by atoms with Crippen LogP contribution in [0.1, 0.15) is 206 Å². The van der Waals surface area contributed by atoms with Crippen LogP contribution in [0.3, 0.4) is 0 Å². The molecule has 0 saturated carbocycles. The quantitative estimate of drug-likeness (QED) is 0.0494. The summed E-state index contributed by atoms with van der Waals surface area (Å²) in [6.07, 6.45) is 24.0. The van der Waals surface area contributed by atoms with Gasteiger partial charge in [0, 0.05) is 19.4 Å². The minimum absolute atomic E-state index is 0.0193. The van der Waals surface area contributed by atoms with Gasteiger partial charge in [-0.05, 0) is 77.3 Å². The summed E-state index contributed by atoms with van der Waals surface area (Å²) in [5.41, 5.74) is 0. The number of carbonyl (C=O) groups is 2. The van der Waals surface area contributed by atoms with Crippen LogP contribution in [0.5, 0.6) is 0 Å². The molecule has 0 aromatic carbocycles. The van der Waals surface area contributed by atoms with Crippen molar-refractivity contribution in [1.82, 2.24) is 4.90 Å². The lowest BCUT2D eigenvalue weighted by Gasteiger charge is -2.21. The van der Waals surface area contributed by atoms with Gasteiger partial charge in [0.25, 0.3) is 0 Å². The topological polar surface area (TPSA) is 85.3 Å². The van der Waals surface area contributed by atoms with Crippen LogP contribution in [-0.4, -0.2) is 73.9 Å². The van der Waals surface area contributed by atoms with Crippen LogP contribution in [0.4, 0.5) is 18.0 Å². The summed E-state index contributed by atoms with van der Waals surface area (Å²) >= 11 is 0. The predicted molar refractivity (Wildman–Crippen MR) is 207 cm³/mol. The number of rotatable bonds is 39. The number of nitrogens with zero attached hydrogens (tertiary/aromatic N) is 1. The molecule has 0 radical (unpaired) electrons. The Hall–Kier alpha value is -1.55. The highest BCUT2D eigenvalue weighted by atomic mass is 19.4. The molecule has 0 unspecified atom stereocenters. The monoisotopic (exact) mass is 752 g/mol. The van der Waals surface area contributed by atoms with E-state index in [2.05, 4.69) is 18.7 Å². The van der Waals surface area contributed by atoms with Crippen LogP contribution in [0.25, 0.3) is 0 Å². The van der Waals surface area contributed by atoms with E-state index in [1.165, 1.54) is 64.2 Å². The van der Waals surface area contributed by atoms with Crippen LogP contribution >= 0.6 is 0 Å². The standard InChI is InChI=1S/C42H80F3NO6/c1-3-5-7-9-13-21-29-39(30-22-14-10-8-6-4-2)52-40(48)31-23-15-11-17-25-33-46(35-36-47)34-26-18-20-28-38-51-41(49)50-37-27-19-12-16-24-32-42(43,44)45/h39,47H,3-38H2,1-2H3. The van der Waals surface area contributed by atoms with Gasteiger partial charge < -0.3 is 24.2 Å². The Kier molecular flexibility index (Phi) is 36.6. The van der Waals surface area contributed by atoms with Gasteiger partial charge >= 0.3 is 18.3 Å². The highest BCUT2D eigenvalue weighted by molar-refractivity contribution is 5.69. The van der Waals surface area contributed by atoms with Crippen molar-refractivity contribution in [2.24, 2.45) is 0 Å². The maximum atomic E-state index is 12.7. The highest BCUT2D eigenvalue weighted by Crippen LogP contribution is 2.23. The summed E-state index contributed by atoms with van der Waals surface area (Å²) in [5, 5.41) is 9.50. The SMILES string of the molecule is CCCCCCCCC(CCCCCCCC)OC(=O)CCCCCCCN(CCO)CCCCCCOC(=O)OCCCCCCCC(F)(F)F. The fraction of sp³-hybridized carbons (Fsp3) is 0.952. The highest BCUT2D eigenvalue weighted by Gasteiger charge is 2.25. The zero-order valence-corrected chi connectivity index (χ0v) is 33.6. The van der Waals surface area contributed by atoms with Gasteiger partial charge in [-0.25, -0.2) is 4.79 Å². The van der Waals surface area contributed by atoms with Gasteiger partial charge in [-0.15, -0.1) is 0 Å². The van der Waals surface area contributed by atoms with Crippen LogP contribution in [0.2, 0.25) is 0 Å². The molecule has 0 aliphatic heterocycles. The van der Waals surface area contributed by atoms with E-state index < -0.39 is 18.8 Å². The van der Waals surface area contributed by atoms with Gasteiger partial charge in [0.15, 0.2) is 0 Å². The second-order valence-electron chi connectivity index (χ2n) is 14.8. The number of carbonyl (C=O) groups excluding carboxylic acids is 2.